The predicted octanol–water partition coefficient (Wildman–Crippen LogP) is 4.58. The zero-order valence-electron chi connectivity index (χ0n) is 10.1. The molecule has 1 aliphatic heterocycles. The third-order valence-corrected chi connectivity index (χ3v) is 4.65. The Balaban J connectivity index is 1.92. The van der Waals surface area contributed by atoms with E-state index >= 15 is 0 Å². The number of hydrogen-bond acceptors (Lipinski definition) is 2. The highest BCUT2D eigenvalue weighted by molar-refractivity contribution is 6.33. The van der Waals surface area contributed by atoms with E-state index in [-0.39, 0.29) is 5.38 Å². The zero-order chi connectivity index (χ0) is 12.5. The lowest BCUT2D eigenvalue weighted by molar-refractivity contribution is 0.296. The van der Waals surface area contributed by atoms with E-state index in [1.807, 2.05) is 12.1 Å². The van der Waals surface area contributed by atoms with Crippen LogP contribution in [0.4, 0.5) is 0 Å². The van der Waals surface area contributed by atoms with Crippen LogP contribution in [0.15, 0.2) is 12.1 Å². The Morgan fingerprint density at radius 2 is 1.72 bits per heavy atom. The van der Waals surface area contributed by atoms with Crippen molar-refractivity contribution in [2.45, 2.75) is 31.1 Å². The van der Waals surface area contributed by atoms with Gasteiger partial charge in [0.1, 0.15) is 0 Å². The fourth-order valence-corrected chi connectivity index (χ4v) is 3.16. The lowest BCUT2D eigenvalue weighted by atomic mass is 9.80. The summed E-state index contributed by atoms with van der Waals surface area (Å²) in [7, 11) is 0. The molecular formula is C14H16Cl2O2. The van der Waals surface area contributed by atoms with Gasteiger partial charge in [-0.1, -0.05) is 18.0 Å². The summed E-state index contributed by atoms with van der Waals surface area (Å²) in [6.07, 6.45) is 4.56. The average molecular weight is 287 g/mol. The molecule has 0 spiro atoms. The molecule has 0 aromatic heterocycles. The Bertz CT molecular complexity index is 444. The van der Waals surface area contributed by atoms with Crippen molar-refractivity contribution in [3.8, 4) is 11.5 Å². The van der Waals surface area contributed by atoms with Gasteiger partial charge >= 0.3 is 0 Å². The van der Waals surface area contributed by atoms with Gasteiger partial charge in [-0.05, 0) is 30.4 Å². The van der Waals surface area contributed by atoms with E-state index in [2.05, 4.69) is 0 Å². The van der Waals surface area contributed by atoms with E-state index < -0.39 is 0 Å². The highest BCUT2D eigenvalue weighted by atomic mass is 35.5. The van der Waals surface area contributed by atoms with E-state index in [0.717, 1.165) is 23.5 Å². The molecule has 1 aromatic carbocycles. The topological polar surface area (TPSA) is 18.5 Å². The molecule has 1 fully saturated rings. The molecule has 98 valence electrons. The number of fused-ring (bicyclic) bond motifs is 1. The molecule has 1 aliphatic carbocycles. The highest BCUT2D eigenvalue weighted by Crippen LogP contribution is 2.46. The number of halogens is 2. The first-order chi connectivity index (χ1) is 8.75. The first kappa shape index (κ1) is 12.4. The van der Waals surface area contributed by atoms with Crippen molar-refractivity contribution in [1.29, 1.82) is 0 Å². The van der Waals surface area contributed by atoms with Crippen LogP contribution < -0.4 is 9.47 Å². The van der Waals surface area contributed by atoms with Gasteiger partial charge < -0.3 is 9.47 Å². The van der Waals surface area contributed by atoms with Gasteiger partial charge in [0.05, 0.1) is 18.6 Å². The van der Waals surface area contributed by atoms with Crippen LogP contribution in [0.25, 0.3) is 0 Å². The second kappa shape index (κ2) is 5.18. The van der Waals surface area contributed by atoms with Gasteiger partial charge in [0.25, 0.3) is 0 Å². The van der Waals surface area contributed by atoms with Gasteiger partial charge in [-0.25, -0.2) is 0 Å². The third-order valence-electron chi connectivity index (χ3n) is 3.73. The SMILES string of the molecule is Clc1cc2c(cc1C(Cl)C1CCC1)OCCCO2. The first-order valence-corrected chi connectivity index (χ1v) is 7.30. The van der Waals surface area contributed by atoms with Crippen LogP contribution in [-0.2, 0) is 0 Å². The van der Waals surface area contributed by atoms with Crippen LogP contribution in [-0.4, -0.2) is 13.2 Å². The molecule has 1 saturated carbocycles. The molecule has 0 bridgehead atoms. The van der Waals surface area contributed by atoms with Gasteiger partial charge in [0.2, 0.25) is 0 Å². The molecular weight excluding hydrogens is 271 g/mol. The van der Waals surface area contributed by atoms with Crippen molar-refractivity contribution in [2.24, 2.45) is 5.92 Å². The number of alkyl halides is 1. The van der Waals surface area contributed by atoms with Crippen LogP contribution in [0.5, 0.6) is 11.5 Å². The molecule has 3 rings (SSSR count). The first-order valence-electron chi connectivity index (χ1n) is 6.49. The minimum atomic E-state index is -0.0107. The predicted molar refractivity (Wildman–Crippen MR) is 73.0 cm³/mol. The van der Waals surface area contributed by atoms with Gasteiger partial charge in [-0.15, -0.1) is 11.6 Å². The summed E-state index contributed by atoms with van der Waals surface area (Å²) in [4.78, 5) is 0. The number of rotatable bonds is 2. The molecule has 1 unspecified atom stereocenters. The van der Waals surface area contributed by atoms with Crippen LogP contribution in [0.2, 0.25) is 5.02 Å². The van der Waals surface area contributed by atoms with E-state index in [0.29, 0.717) is 24.2 Å². The highest BCUT2D eigenvalue weighted by Gasteiger charge is 2.29. The number of ether oxygens (including phenoxy) is 2. The molecule has 0 amide bonds. The average Bonchev–Trinajstić information content (AvgIpc) is 2.50. The lowest BCUT2D eigenvalue weighted by Gasteiger charge is -2.30. The monoisotopic (exact) mass is 286 g/mol. The van der Waals surface area contributed by atoms with Crippen molar-refractivity contribution >= 4 is 23.2 Å². The Labute approximate surface area is 117 Å². The lowest BCUT2D eigenvalue weighted by Crippen LogP contribution is -2.17. The third kappa shape index (κ3) is 2.28. The molecule has 2 nitrogen and oxygen atoms in total. The smallest absolute Gasteiger partial charge is 0.162 e. The van der Waals surface area contributed by atoms with E-state index in [4.69, 9.17) is 32.7 Å². The number of hydrogen-bond donors (Lipinski definition) is 0. The molecule has 4 heteroatoms. The Morgan fingerprint density at radius 1 is 1.06 bits per heavy atom. The summed E-state index contributed by atoms with van der Waals surface area (Å²) in [5.74, 6) is 2.06. The van der Waals surface area contributed by atoms with Crippen LogP contribution in [0, 0.1) is 5.92 Å². The fourth-order valence-electron chi connectivity index (χ4n) is 2.40. The molecule has 0 radical (unpaired) electrons. The van der Waals surface area contributed by atoms with Gasteiger partial charge in [0.15, 0.2) is 11.5 Å². The quantitative estimate of drug-likeness (QED) is 0.741. The summed E-state index contributed by atoms with van der Waals surface area (Å²) in [6, 6.07) is 3.80. The maximum absolute atomic E-state index is 6.52. The van der Waals surface area contributed by atoms with Crippen LogP contribution in [0.3, 0.4) is 0 Å². The maximum Gasteiger partial charge on any atom is 0.162 e. The van der Waals surface area contributed by atoms with Gasteiger partial charge in [-0.3, -0.25) is 0 Å². The zero-order valence-corrected chi connectivity index (χ0v) is 11.6. The summed E-state index contributed by atoms with van der Waals surface area (Å²) < 4.78 is 11.3. The standard InChI is InChI=1S/C14H16Cl2O2/c15-11-8-13-12(17-5-2-6-18-13)7-10(11)14(16)9-3-1-4-9/h7-9,14H,1-6H2. The molecule has 18 heavy (non-hydrogen) atoms. The molecule has 0 N–H and O–H groups in total. The van der Waals surface area contributed by atoms with Crippen molar-refractivity contribution in [3.05, 3.63) is 22.7 Å². The van der Waals surface area contributed by atoms with Gasteiger partial charge in [0, 0.05) is 17.5 Å². The minimum Gasteiger partial charge on any atom is -0.490 e. The summed E-state index contributed by atoms with van der Waals surface area (Å²) >= 11 is 12.8. The van der Waals surface area contributed by atoms with Gasteiger partial charge in [-0.2, -0.15) is 0 Å². The number of benzene rings is 1. The van der Waals surface area contributed by atoms with Crippen molar-refractivity contribution in [3.63, 3.8) is 0 Å². The summed E-state index contributed by atoms with van der Waals surface area (Å²) in [6.45, 7) is 1.36. The second-order valence-electron chi connectivity index (χ2n) is 4.96. The van der Waals surface area contributed by atoms with E-state index in [1.165, 1.54) is 19.3 Å². The van der Waals surface area contributed by atoms with Crippen molar-refractivity contribution < 1.29 is 9.47 Å². The van der Waals surface area contributed by atoms with Crippen LogP contribution in [0.1, 0.15) is 36.6 Å². The minimum absolute atomic E-state index is 0.0107. The van der Waals surface area contributed by atoms with E-state index in [9.17, 15) is 0 Å². The van der Waals surface area contributed by atoms with Crippen molar-refractivity contribution in [1.82, 2.24) is 0 Å². The Hall–Kier alpha value is -0.600. The second-order valence-corrected chi connectivity index (χ2v) is 5.84. The van der Waals surface area contributed by atoms with E-state index in [1.54, 1.807) is 0 Å². The maximum atomic E-state index is 6.52. The summed E-state index contributed by atoms with van der Waals surface area (Å²) in [5, 5.41) is 0.676. The fraction of sp³-hybridized carbons (Fsp3) is 0.571. The van der Waals surface area contributed by atoms with Crippen molar-refractivity contribution in [2.75, 3.05) is 13.2 Å². The normalized spacial score (nSPS) is 21.0. The Morgan fingerprint density at radius 3 is 2.33 bits per heavy atom. The summed E-state index contributed by atoms with van der Waals surface area (Å²) in [5.41, 5.74) is 0.979. The molecule has 0 saturated heterocycles. The van der Waals surface area contributed by atoms with Crippen LogP contribution >= 0.6 is 23.2 Å². The Kier molecular flexibility index (Phi) is 3.58. The molecule has 1 heterocycles. The molecule has 1 atom stereocenters. The molecule has 1 aromatic rings. The largest absolute Gasteiger partial charge is 0.490 e. The molecule has 2 aliphatic rings.